The summed E-state index contributed by atoms with van der Waals surface area (Å²) in [6.07, 6.45) is -3.52. The number of halogens is 3. The van der Waals surface area contributed by atoms with Gasteiger partial charge in [0.15, 0.2) is 0 Å². The predicted molar refractivity (Wildman–Crippen MR) is 65.5 cm³/mol. The molecule has 0 bridgehead atoms. The fourth-order valence-electron chi connectivity index (χ4n) is 2.81. The summed E-state index contributed by atoms with van der Waals surface area (Å²) in [4.78, 5) is 0. The second-order valence-electron chi connectivity index (χ2n) is 5.59. The summed E-state index contributed by atoms with van der Waals surface area (Å²) in [7, 11) is 0. The molecule has 0 aromatic heterocycles. The molecule has 1 fully saturated rings. The maximum Gasteiger partial charge on any atom is 0.416 e. The average molecular weight is 257 g/mol. The zero-order valence-corrected chi connectivity index (χ0v) is 10.6. The van der Waals surface area contributed by atoms with Crippen molar-refractivity contribution in [1.82, 2.24) is 5.32 Å². The van der Waals surface area contributed by atoms with Gasteiger partial charge in [-0.1, -0.05) is 32.0 Å². The highest BCUT2D eigenvalue weighted by Gasteiger charge is 2.40. The lowest BCUT2D eigenvalue weighted by Crippen LogP contribution is -2.42. The van der Waals surface area contributed by atoms with Crippen LogP contribution in [-0.4, -0.2) is 13.1 Å². The SMILES string of the molecule is CC1(C)CNCCC1c1ccccc1C(F)(F)F. The minimum Gasteiger partial charge on any atom is -0.316 e. The van der Waals surface area contributed by atoms with Crippen LogP contribution in [0.25, 0.3) is 0 Å². The number of rotatable bonds is 1. The molecule has 0 aliphatic carbocycles. The number of piperidine rings is 1. The van der Waals surface area contributed by atoms with E-state index in [4.69, 9.17) is 0 Å². The number of hydrogen-bond acceptors (Lipinski definition) is 1. The van der Waals surface area contributed by atoms with Crippen LogP contribution in [0.3, 0.4) is 0 Å². The molecular formula is C14H18F3N. The van der Waals surface area contributed by atoms with Gasteiger partial charge >= 0.3 is 6.18 Å². The van der Waals surface area contributed by atoms with Crippen LogP contribution >= 0.6 is 0 Å². The van der Waals surface area contributed by atoms with E-state index in [-0.39, 0.29) is 11.3 Å². The lowest BCUT2D eigenvalue weighted by molar-refractivity contribution is -0.138. The van der Waals surface area contributed by atoms with Crippen molar-refractivity contribution in [3.05, 3.63) is 35.4 Å². The van der Waals surface area contributed by atoms with Gasteiger partial charge in [-0.3, -0.25) is 0 Å². The van der Waals surface area contributed by atoms with Crippen molar-refractivity contribution in [1.29, 1.82) is 0 Å². The lowest BCUT2D eigenvalue weighted by atomic mass is 9.70. The van der Waals surface area contributed by atoms with E-state index in [0.717, 1.165) is 19.5 Å². The third kappa shape index (κ3) is 2.53. The Balaban J connectivity index is 2.44. The zero-order chi connectivity index (χ0) is 13.4. The molecule has 2 rings (SSSR count). The van der Waals surface area contributed by atoms with E-state index in [1.807, 2.05) is 13.8 Å². The van der Waals surface area contributed by atoms with E-state index in [0.29, 0.717) is 5.56 Å². The largest absolute Gasteiger partial charge is 0.416 e. The first kappa shape index (κ1) is 13.4. The molecule has 18 heavy (non-hydrogen) atoms. The topological polar surface area (TPSA) is 12.0 Å². The van der Waals surface area contributed by atoms with Gasteiger partial charge in [0, 0.05) is 6.54 Å². The Labute approximate surface area is 105 Å². The highest BCUT2D eigenvalue weighted by atomic mass is 19.4. The fraction of sp³-hybridized carbons (Fsp3) is 0.571. The molecule has 0 spiro atoms. The molecule has 1 aliphatic rings. The molecule has 0 amide bonds. The summed E-state index contributed by atoms with van der Waals surface area (Å²) in [6.45, 7) is 5.58. The van der Waals surface area contributed by atoms with Crippen molar-refractivity contribution >= 4 is 0 Å². The van der Waals surface area contributed by atoms with Gasteiger partial charge in [0.05, 0.1) is 5.56 Å². The maximum atomic E-state index is 13.0. The summed E-state index contributed by atoms with van der Waals surface area (Å²) >= 11 is 0. The molecule has 1 atom stereocenters. The highest BCUT2D eigenvalue weighted by molar-refractivity contribution is 5.34. The van der Waals surface area contributed by atoms with E-state index >= 15 is 0 Å². The van der Waals surface area contributed by atoms with Crippen LogP contribution in [0.15, 0.2) is 24.3 Å². The third-order valence-corrected chi connectivity index (χ3v) is 3.78. The van der Waals surface area contributed by atoms with Crippen LogP contribution in [-0.2, 0) is 6.18 Å². The lowest BCUT2D eigenvalue weighted by Gasteiger charge is -2.40. The Morgan fingerprint density at radius 3 is 2.50 bits per heavy atom. The van der Waals surface area contributed by atoms with Crippen molar-refractivity contribution < 1.29 is 13.2 Å². The van der Waals surface area contributed by atoms with Crippen molar-refractivity contribution in [2.75, 3.05) is 13.1 Å². The minimum atomic E-state index is -4.27. The second-order valence-corrected chi connectivity index (χ2v) is 5.59. The minimum absolute atomic E-state index is 0.0448. The first-order valence-electron chi connectivity index (χ1n) is 6.19. The Morgan fingerprint density at radius 1 is 1.22 bits per heavy atom. The van der Waals surface area contributed by atoms with Crippen LogP contribution in [0.4, 0.5) is 13.2 Å². The first-order valence-corrected chi connectivity index (χ1v) is 6.19. The molecular weight excluding hydrogens is 239 g/mol. The standard InChI is InChI=1S/C14H18F3N/c1-13(2)9-18-8-7-11(13)10-5-3-4-6-12(10)14(15,16)17/h3-6,11,18H,7-9H2,1-2H3. The first-order chi connectivity index (χ1) is 8.32. The summed E-state index contributed by atoms with van der Waals surface area (Å²) in [5.74, 6) is -0.0448. The summed E-state index contributed by atoms with van der Waals surface area (Å²) in [6, 6.07) is 5.97. The predicted octanol–water partition coefficient (Wildman–Crippen LogP) is 3.81. The molecule has 1 saturated heterocycles. The Kier molecular flexibility index (Phi) is 3.41. The summed E-state index contributed by atoms with van der Waals surface area (Å²) in [5, 5.41) is 3.25. The molecule has 1 N–H and O–H groups in total. The van der Waals surface area contributed by atoms with Gasteiger partial charge in [-0.05, 0) is 35.9 Å². The van der Waals surface area contributed by atoms with Gasteiger partial charge in [0.25, 0.3) is 0 Å². The monoisotopic (exact) mass is 257 g/mol. The van der Waals surface area contributed by atoms with Crippen LogP contribution in [0, 0.1) is 5.41 Å². The van der Waals surface area contributed by atoms with Crippen LogP contribution in [0.1, 0.15) is 37.3 Å². The van der Waals surface area contributed by atoms with E-state index in [1.165, 1.54) is 12.1 Å². The van der Waals surface area contributed by atoms with Crippen molar-refractivity contribution in [2.24, 2.45) is 5.41 Å². The third-order valence-electron chi connectivity index (χ3n) is 3.78. The van der Waals surface area contributed by atoms with E-state index in [2.05, 4.69) is 5.32 Å². The summed E-state index contributed by atoms with van der Waals surface area (Å²) in [5.41, 5.74) is -0.193. The van der Waals surface area contributed by atoms with Gasteiger partial charge in [-0.15, -0.1) is 0 Å². The number of benzene rings is 1. The van der Waals surface area contributed by atoms with Gasteiger partial charge in [0.1, 0.15) is 0 Å². The maximum absolute atomic E-state index is 13.0. The second kappa shape index (κ2) is 4.57. The molecule has 1 heterocycles. The average Bonchev–Trinajstić information content (AvgIpc) is 2.27. The fourth-order valence-corrected chi connectivity index (χ4v) is 2.81. The normalized spacial score (nSPS) is 23.9. The van der Waals surface area contributed by atoms with Crippen molar-refractivity contribution in [3.63, 3.8) is 0 Å². The van der Waals surface area contributed by atoms with Gasteiger partial charge in [-0.2, -0.15) is 13.2 Å². The van der Waals surface area contributed by atoms with Crippen LogP contribution < -0.4 is 5.32 Å². The molecule has 100 valence electrons. The molecule has 0 saturated carbocycles. The van der Waals surface area contributed by atoms with E-state index in [1.54, 1.807) is 12.1 Å². The van der Waals surface area contributed by atoms with Crippen LogP contribution in [0.5, 0.6) is 0 Å². The highest BCUT2D eigenvalue weighted by Crippen LogP contribution is 2.44. The van der Waals surface area contributed by atoms with E-state index < -0.39 is 11.7 Å². The molecule has 0 radical (unpaired) electrons. The molecule has 1 nitrogen and oxygen atoms in total. The number of nitrogens with one attached hydrogen (secondary N) is 1. The Morgan fingerprint density at radius 2 is 1.89 bits per heavy atom. The van der Waals surface area contributed by atoms with E-state index in [9.17, 15) is 13.2 Å². The molecule has 1 aromatic rings. The van der Waals surface area contributed by atoms with Crippen molar-refractivity contribution in [3.8, 4) is 0 Å². The quantitative estimate of drug-likeness (QED) is 0.806. The smallest absolute Gasteiger partial charge is 0.316 e. The molecule has 1 aliphatic heterocycles. The number of alkyl halides is 3. The molecule has 1 aromatic carbocycles. The number of hydrogen-bond donors (Lipinski definition) is 1. The van der Waals surface area contributed by atoms with Gasteiger partial charge in [-0.25, -0.2) is 0 Å². The molecule has 4 heteroatoms. The van der Waals surface area contributed by atoms with Crippen molar-refractivity contribution in [2.45, 2.75) is 32.4 Å². The van der Waals surface area contributed by atoms with Gasteiger partial charge in [0.2, 0.25) is 0 Å². The summed E-state index contributed by atoms with van der Waals surface area (Å²) < 4.78 is 39.1. The Hall–Kier alpha value is -1.03. The Bertz CT molecular complexity index is 423. The van der Waals surface area contributed by atoms with Crippen LogP contribution in [0.2, 0.25) is 0 Å². The van der Waals surface area contributed by atoms with Gasteiger partial charge < -0.3 is 5.32 Å². The molecule has 1 unspecified atom stereocenters. The zero-order valence-electron chi connectivity index (χ0n) is 10.6.